The van der Waals surface area contributed by atoms with Crippen molar-refractivity contribution in [3.8, 4) is 0 Å². The van der Waals surface area contributed by atoms with E-state index < -0.39 is 0 Å². The molecule has 0 amide bonds. The summed E-state index contributed by atoms with van der Waals surface area (Å²) in [7, 11) is 2.20. The zero-order chi connectivity index (χ0) is 10.7. The van der Waals surface area contributed by atoms with E-state index in [2.05, 4.69) is 29.2 Å². The molecule has 1 aliphatic carbocycles. The molecule has 84 valence electrons. The van der Waals surface area contributed by atoms with Crippen LogP contribution in [0.2, 0.25) is 0 Å². The predicted octanol–water partition coefficient (Wildman–Crippen LogP) is 1.37. The second-order valence-electron chi connectivity index (χ2n) is 4.61. The Kier molecular flexibility index (Phi) is 3.44. The average Bonchev–Trinajstić information content (AvgIpc) is 2.84. The molecule has 1 aromatic heterocycles. The lowest BCUT2D eigenvalue weighted by atomic mass is 10.1. The van der Waals surface area contributed by atoms with Gasteiger partial charge >= 0.3 is 0 Å². The summed E-state index contributed by atoms with van der Waals surface area (Å²) in [5.41, 5.74) is 7.46. The van der Waals surface area contributed by atoms with Crippen LogP contribution in [0.25, 0.3) is 0 Å². The van der Waals surface area contributed by atoms with Gasteiger partial charge in [0, 0.05) is 31.0 Å². The van der Waals surface area contributed by atoms with Crippen molar-refractivity contribution in [3.63, 3.8) is 0 Å². The molecule has 2 unspecified atom stereocenters. The van der Waals surface area contributed by atoms with Gasteiger partial charge < -0.3 is 15.6 Å². The van der Waals surface area contributed by atoms with E-state index in [1.54, 1.807) is 0 Å². The standard InChI is InChI=1S/C12H21N3/c1-15(12-4-2-3-11(12)13)8-6-10-5-7-14-9-10/h5,7,9,11-12,14H,2-4,6,8,13H2,1H3. The van der Waals surface area contributed by atoms with Crippen LogP contribution in [-0.4, -0.2) is 35.6 Å². The lowest BCUT2D eigenvalue weighted by Gasteiger charge is -2.27. The number of likely N-dealkylation sites (N-methyl/N-ethyl adjacent to an activating group) is 1. The Bertz CT molecular complexity index is 281. The number of rotatable bonds is 4. The maximum atomic E-state index is 6.08. The van der Waals surface area contributed by atoms with E-state index in [9.17, 15) is 0 Å². The van der Waals surface area contributed by atoms with Gasteiger partial charge in [0.15, 0.2) is 0 Å². The smallest absolute Gasteiger partial charge is 0.0244 e. The molecule has 15 heavy (non-hydrogen) atoms. The lowest BCUT2D eigenvalue weighted by Crippen LogP contribution is -2.42. The molecule has 1 saturated carbocycles. The number of H-pyrrole nitrogens is 1. The molecular weight excluding hydrogens is 186 g/mol. The van der Waals surface area contributed by atoms with E-state index in [0.29, 0.717) is 12.1 Å². The van der Waals surface area contributed by atoms with Crippen LogP contribution in [0.3, 0.4) is 0 Å². The highest BCUT2D eigenvalue weighted by molar-refractivity contribution is 5.08. The summed E-state index contributed by atoms with van der Waals surface area (Å²) in [6.07, 6.45) is 8.92. The second kappa shape index (κ2) is 4.81. The lowest BCUT2D eigenvalue weighted by molar-refractivity contribution is 0.231. The largest absolute Gasteiger partial charge is 0.367 e. The van der Waals surface area contributed by atoms with Gasteiger partial charge in [0.05, 0.1) is 0 Å². The quantitative estimate of drug-likeness (QED) is 0.783. The first-order valence-electron chi connectivity index (χ1n) is 5.85. The summed E-state index contributed by atoms with van der Waals surface area (Å²) in [6, 6.07) is 3.13. The van der Waals surface area contributed by atoms with Crippen LogP contribution in [0.15, 0.2) is 18.5 Å². The molecule has 0 radical (unpaired) electrons. The topological polar surface area (TPSA) is 45.0 Å². The van der Waals surface area contributed by atoms with Crippen LogP contribution in [0.4, 0.5) is 0 Å². The summed E-state index contributed by atoms with van der Waals surface area (Å²) in [6.45, 7) is 1.11. The average molecular weight is 207 g/mol. The Hall–Kier alpha value is -0.800. The molecule has 1 aromatic rings. The maximum absolute atomic E-state index is 6.08. The SMILES string of the molecule is CN(CCc1cc[nH]c1)C1CCCC1N. The zero-order valence-electron chi connectivity index (χ0n) is 9.45. The third-order valence-electron chi connectivity index (χ3n) is 3.51. The highest BCUT2D eigenvalue weighted by Gasteiger charge is 2.26. The summed E-state index contributed by atoms with van der Waals surface area (Å²) >= 11 is 0. The first-order chi connectivity index (χ1) is 7.27. The van der Waals surface area contributed by atoms with Gasteiger partial charge in [-0.05, 0) is 37.9 Å². The first-order valence-corrected chi connectivity index (χ1v) is 5.85. The van der Waals surface area contributed by atoms with Crippen molar-refractivity contribution in [1.29, 1.82) is 0 Å². The van der Waals surface area contributed by atoms with Crippen molar-refractivity contribution in [3.05, 3.63) is 24.0 Å². The molecule has 0 spiro atoms. The Morgan fingerprint density at radius 3 is 3.00 bits per heavy atom. The predicted molar refractivity (Wildman–Crippen MR) is 62.7 cm³/mol. The van der Waals surface area contributed by atoms with Gasteiger partial charge in [-0.15, -0.1) is 0 Å². The van der Waals surface area contributed by atoms with Crippen molar-refractivity contribution in [1.82, 2.24) is 9.88 Å². The fourth-order valence-electron chi connectivity index (χ4n) is 2.50. The molecule has 1 aliphatic rings. The normalized spacial score (nSPS) is 26.3. The summed E-state index contributed by atoms with van der Waals surface area (Å²) in [5.74, 6) is 0. The van der Waals surface area contributed by atoms with Gasteiger partial charge in [-0.1, -0.05) is 6.42 Å². The van der Waals surface area contributed by atoms with E-state index in [-0.39, 0.29) is 0 Å². The third-order valence-corrected chi connectivity index (χ3v) is 3.51. The number of aromatic amines is 1. The van der Waals surface area contributed by atoms with Crippen LogP contribution < -0.4 is 5.73 Å². The molecule has 0 aliphatic heterocycles. The van der Waals surface area contributed by atoms with Crippen molar-refractivity contribution in [2.45, 2.75) is 37.8 Å². The van der Waals surface area contributed by atoms with Crippen LogP contribution in [0, 0.1) is 0 Å². The molecule has 0 aromatic carbocycles. The minimum absolute atomic E-state index is 0.390. The number of nitrogens with zero attached hydrogens (tertiary/aromatic N) is 1. The Morgan fingerprint density at radius 2 is 2.40 bits per heavy atom. The fourth-order valence-corrected chi connectivity index (χ4v) is 2.50. The number of aromatic nitrogens is 1. The van der Waals surface area contributed by atoms with E-state index in [1.165, 1.54) is 24.8 Å². The highest BCUT2D eigenvalue weighted by atomic mass is 15.1. The summed E-state index contributed by atoms with van der Waals surface area (Å²) in [4.78, 5) is 5.51. The molecule has 2 rings (SSSR count). The molecule has 0 bridgehead atoms. The van der Waals surface area contributed by atoms with Crippen LogP contribution >= 0.6 is 0 Å². The molecule has 3 N–H and O–H groups in total. The number of nitrogens with two attached hydrogens (primary N) is 1. The molecule has 0 saturated heterocycles. The van der Waals surface area contributed by atoms with Crippen molar-refractivity contribution < 1.29 is 0 Å². The fraction of sp³-hybridized carbons (Fsp3) is 0.667. The van der Waals surface area contributed by atoms with E-state index in [4.69, 9.17) is 5.73 Å². The summed E-state index contributed by atoms with van der Waals surface area (Å²) in [5, 5.41) is 0. The molecule has 1 fully saturated rings. The number of nitrogens with one attached hydrogen (secondary N) is 1. The van der Waals surface area contributed by atoms with Crippen molar-refractivity contribution in [2.75, 3.05) is 13.6 Å². The van der Waals surface area contributed by atoms with Gasteiger partial charge in [-0.2, -0.15) is 0 Å². The van der Waals surface area contributed by atoms with Gasteiger partial charge in [-0.3, -0.25) is 0 Å². The van der Waals surface area contributed by atoms with E-state index in [0.717, 1.165) is 13.0 Å². The van der Waals surface area contributed by atoms with Gasteiger partial charge in [-0.25, -0.2) is 0 Å². The molecule has 1 heterocycles. The minimum Gasteiger partial charge on any atom is -0.367 e. The minimum atomic E-state index is 0.390. The third kappa shape index (κ3) is 2.61. The Morgan fingerprint density at radius 1 is 1.53 bits per heavy atom. The zero-order valence-corrected chi connectivity index (χ0v) is 9.45. The van der Waals surface area contributed by atoms with Gasteiger partial charge in [0.1, 0.15) is 0 Å². The highest BCUT2D eigenvalue weighted by Crippen LogP contribution is 2.21. The second-order valence-corrected chi connectivity index (χ2v) is 4.61. The van der Waals surface area contributed by atoms with E-state index >= 15 is 0 Å². The molecule has 3 heteroatoms. The van der Waals surface area contributed by atoms with E-state index in [1.807, 2.05) is 6.20 Å². The maximum Gasteiger partial charge on any atom is 0.0244 e. The van der Waals surface area contributed by atoms with Crippen LogP contribution in [-0.2, 0) is 6.42 Å². The van der Waals surface area contributed by atoms with Crippen LogP contribution in [0.1, 0.15) is 24.8 Å². The Balaban J connectivity index is 1.79. The van der Waals surface area contributed by atoms with Gasteiger partial charge in [0.25, 0.3) is 0 Å². The van der Waals surface area contributed by atoms with Crippen LogP contribution in [0.5, 0.6) is 0 Å². The molecule has 3 nitrogen and oxygen atoms in total. The first kappa shape index (κ1) is 10.7. The van der Waals surface area contributed by atoms with Gasteiger partial charge in [0.2, 0.25) is 0 Å². The summed E-state index contributed by atoms with van der Waals surface area (Å²) < 4.78 is 0. The van der Waals surface area contributed by atoms with Crippen molar-refractivity contribution in [2.24, 2.45) is 5.73 Å². The Labute approximate surface area is 91.7 Å². The number of hydrogen-bond acceptors (Lipinski definition) is 2. The molecule has 2 atom stereocenters. The number of hydrogen-bond donors (Lipinski definition) is 2. The van der Waals surface area contributed by atoms with Crippen molar-refractivity contribution >= 4 is 0 Å². The monoisotopic (exact) mass is 207 g/mol. The molecular formula is C12H21N3.